The zero-order valence-corrected chi connectivity index (χ0v) is 12.8. The largest absolute Gasteiger partial charge is 0.504 e. The van der Waals surface area contributed by atoms with Gasteiger partial charge in [0.2, 0.25) is 5.91 Å². The van der Waals surface area contributed by atoms with E-state index in [1.807, 2.05) is 0 Å². The van der Waals surface area contributed by atoms with Gasteiger partial charge in [-0.3, -0.25) is 9.59 Å². The number of benzene rings is 1. The smallest absolute Gasteiger partial charge is 0.223 e. The molecule has 0 saturated carbocycles. The van der Waals surface area contributed by atoms with Crippen molar-refractivity contribution in [3.63, 3.8) is 0 Å². The Labute approximate surface area is 130 Å². The Morgan fingerprint density at radius 3 is 2.64 bits per heavy atom. The second-order valence-corrected chi connectivity index (χ2v) is 5.56. The summed E-state index contributed by atoms with van der Waals surface area (Å²) in [4.78, 5) is 27.7. The maximum Gasteiger partial charge on any atom is 0.223 e. The summed E-state index contributed by atoms with van der Waals surface area (Å²) in [6.07, 6.45) is 2.88. The van der Waals surface area contributed by atoms with Gasteiger partial charge in [-0.15, -0.1) is 0 Å². The summed E-state index contributed by atoms with van der Waals surface area (Å²) in [7, 11) is 0. The molecule has 0 saturated heterocycles. The summed E-state index contributed by atoms with van der Waals surface area (Å²) in [5.41, 5.74) is 1.12. The van der Waals surface area contributed by atoms with E-state index in [1.165, 1.54) is 31.2 Å². The van der Waals surface area contributed by atoms with Gasteiger partial charge in [0.05, 0.1) is 10.6 Å². The number of ketones is 1. The second kappa shape index (κ2) is 6.40. The standard InChI is InChI=1S/C15H14N2O4S/c1-8-14(22-15(16-8)17-9(2)18)12(20)6-4-10-3-5-11(19)13(21)7-10/h3-7,19,21H,1-2H3,(H,16,17,18). The fourth-order valence-corrected chi connectivity index (χ4v) is 2.65. The molecule has 3 N–H and O–H groups in total. The number of hydrogen-bond acceptors (Lipinski definition) is 6. The van der Waals surface area contributed by atoms with Crippen LogP contribution in [-0.4, -0.2) is 26.9 Å². The average molecular weight is 318 g/mol. The lowest BCUT2D eigenvalue weighted by Gasteiger charge is -1.98. The average Bonchev–Trinajstić information content (AvgIpc) is 2.79. The molecule has 1 aromatic heterocycles. The molecule has 0 aliphatic rings. The number of aryl methyl sites for hydroxylation is 1. The molecule has 0 atom stereocenters. The van der Waals surface area contributed by atoms with Gasteiger partial charge in [-0.05, 0) is 30.7 Å². The van der Waals surface area contributed by atoms with Crippen LogP contribution in [0.4, 0.5) is 5.13 Å². The number of nitrogens with zero attached hydrogens (tertiary/aromatic N) is 1. The van der Waals surface area contributed by atoms with E-state index in [-0.39, 0.29) is 23.2 Å². The van der Waals surface area contributed by atoms with E-state index in [9.17, 15) is 19.8 Å². The number of carbonyl (C=O) groups is 2. The van der Waals surface area contributed by atoms with E-state index in [2.05, 4.69) is 10.3 Å². The molecule has 1 aromatic carbocycles. The molecule has 0 unspecified atom stereocenters. The number of hydrogen-bond donors (Lipinski definition) is 3. The highest BCUT2D eigenvalue weighted by Gasteiger charge is 2.13. The molecule has 0 fully saturated rings. The van der Waals surface area contributed by atoms with Gasteiger partial charge >= 0.3 is 0 Å². The van der Waals surface area contributed by atoms with Crippen molar-refractivity contribution in [3.8, 4) is 11.5 Å². The Morgan fingerprint density at radius 2 is 2.00 bits per heavy atom. The van der Waals surface area contributed by atoms with Crippen LogP contribution in [0, 0.1) is 6.92 Å². The SMILES string of the molecule is CC(=O)Nc1nc(C)c(C(=O)C=Cc2ccc(O)c(O)c2)s1. The van der Waals surface area contributed by atoms with Crippen LogP contribution in [0.15, 0.2) is 24.3 Å². The van der Waals surface area contributed by atoms with E-state index in [4.69, 9.17) is 0 Å². The van der Waals surface area contributed by atoms with Gasteiger partial charge in [-0.1, -0.05) is 23.5 Å². The monoisotopic (exact) mass is 318 g/mol. The van der Waals surface area contributed by atoms with Gasteiger partial charge in [0, 0.05) is 6.92 Å². The van der Waals surface area contributed by atoms with Gasteiger partial charge in [0.15, 0.2) is 22.4 Å². The van der Waals surface area contributed by atoms with Gasteiger partial charge in [0.1, 0.15) is 0 Å². The van der Waals surface area contributed by atoms with Crippen LogP contribution in [0.3, 0.4) is 0 Å². The van der Waals surface area contributed by atoms with Gasteiger partial charge in [-0.2, -0.15) is 0 Å². The van der Waals surface area contributed by atoms with Crippen LogP contribution >= 0.6 is 11.3 Å². The fourth-order valence-electron chi connectivity index (χ4n) is 1.72. The minimum Gasteiger partial charge on any atom is -0.504 e. The van der Waals surface area contributed by atoms with Gasteiger partial charge < -0.3 is 15.5 Å². The van der Waals surface area contributed by atoms with Crippen LogP contribution < -0.4 is 5.32 Å². The minimum absolute atomic E-state index is 0.221. The van der Waals surface area contributed by atoms with E-state index >= 15 is 0 Å². The van der Waals surface area contributed by atoms with Crippen LogP contribution in [0.2, 0.25) is 0 Å². The fraction of sp³-hybridized carbons (Fsp3) is 0.133. The highest BCUT2D eigenvalue weighted by molar-refractivity contribution is 7.17. The maximum absolute atomic E-state index is 12.1. The molecule has 0 aliphatic heterocycles. The topological polar surface area (TPSA) is 99.5 Å². The van der Waals surface area contributed by atoms with Crippen molar-refractivity contribution in [1.29, 1.82) is 0 Å². The summed E-state index contributed by atoms with van der Waals surface area (Å²) in [6.45, 7) is 3.06. The molecule has 0 radical (unpaired) electrons. The molecule has 0 bridgehead atoms. The third kappa shape index (κ3) is 3.70. The molecule has 2 aromatic rings. The molecule has 22 heavy (non-hydrogen) atoms. The van der Waals surface area contributed by atoms with Crippen LogP contribution in [0.1, 0.15) is 27.9 Å². The first-order valence-corrected chi connectivity index (χ1v) is 7.18. The number of anilines is 1. The number of aromatic hydroxyl groups is 2. The lowest BCUT2D eigenvalue weighted by Crippen LogP contribution is -2.04. The normalized spacial score (nSPS) is 10.8. The number of thiazole rings is 1. The van der Waals surface area contributed by atoms with Gasteiger partial charge in [-0.25, -0.2) is 4.98 Å². The number of carbonyl (C=O) groups excluding carboxylic acids is 2. The van der Waals surface area contributed by atoms with Crippen molar-refractivity contribution in [1.82, 2.24) is 4.98 Å². The molecule has 2 rings (SSSR count). The van der Waals surface area contributed by atoms with Gasteiger partial charge in [0.25, 0.3) is 0 Å². The second-order valence-electron chi connectivity index (χ2n) is 4.56. The first-order chi connectivity index (χ1) is 10.4. The first-order valence-electron chi connectivity index (χ1n) is 6.36. The Kier molecular flexibility index (Phi) is 4.57. The van der Waals surface area contributed by atoms with Crippen molar-refractivity contribution in [2.24, 2.45) is 0 Å². The van der Waals surface area contributed by atoms with Crippen LogP contribution in [0.5, 0.6) is 11.5 Å². The third-order valence-corrected chi connectivity index (χ3v) is 3.82. The maximum atomic E-state index is 12.1. The molecule has 1 heterocycles. The number of allylic oxidation sites excluding steroid dienone is 1. The Balaban J connectivity index is 2.17. The number of aromatic nitrogens is 1. The molecule has 0 aliphatic carbocycles. The zero-order chi connectivity index (χ0) is 16.3. The zero-order valence-electron chi connectivity index (χ0n) is 12.0. The molecular weight excluding hydrogens is 304 g/mol. The van der Waals surface area contributed by atoms with E-state index in [1.54, 1.807) is 13.0 Å². The van der Waals surface area contributed by atoms with Crippen molar-refractivity contribution in [2.45, 2.75) is 13.8 Å². The third-order valence-electron chi connectivity index (χ3n) is 2.73. The molecule has 1 amide bonds. The number of phenolic OH excluding ortho intramolecular Hbond substituents is 2. The Morgan fingerprint density at radius 1 is 1.27 bits per heavy atom. The van der Waals surface area contributed by atoms with E-state index in [0.717, 1.165) is 11.3 Å². The number of nitrogens with one attached hydrogen (secondary N) is 1. The summed E-state index contributed by atoms with van der Waals surface area (Å²) in [5, 5.41) is 21.5. The highest BCUT2D eigenvalue weighted by Crippen LogP contribution is 2.26. The number of amides is 1. The van der Waals surface area contributed by atoms with E-state index < -0.39 is 0 Å². The Hall–Kier alpha value is -2.67. The molecule has 6 nitrogen and oxygen atoms in total. The van der Waals surface area contributed by atoms with Crippen molar-refractivity contribution in [3.05, 3.63) is 40.4 Å². The molecular formula is C15H14N2O4S. The van der Waals surface area contributed by atoms with Crippen LogP contribution in [0.25, 0.3) is 6.08 Å². The lowest BCUT2D eigenvalue weighted by atomic mass is 10.1. The number of phenols is 2. The summed E-state index contributed by atoms with van der Waals surface area (Å²) in [6, 6.07) is 4.26. The minimum atomic E-state index is -0.253. The molecule has 114 valence electrons. The summed E-state index contributed by atoms with van der Waals surface area (Å²) in [5.74, 6) is -0.972. The van der Waals surface area contributed by atoms with Crippen molar-refractivity contribution >= 4 is 34.2 Å². The van der Waals surface area contributed by atoms with Crippen molar-refractivity contribution < 1.29 is 19.8 Å². The van der Waals surface area contributed by atoms with Crippen LogP contribution in [-0.2, 0) is 4.79 Å². The lowest BCUT2D eigenvalue weighted by molar-refractivity contribution is -0.114. The predicted octanol–water partition coefficient (Wildman–Crippen LogP) is 2.72. The molecule has 7 heteroatoms. The highest BCUT2D eigenvalue weighted by atomic mass is 32.1. The van der Waals surface area contributed by atoms with Crippen molar-refractivity contribution in [2.75, 3.05) is 5.32 Å². The quantitative estimate of drug-likeness (QED) is 0.457. The summed E-state index contributed by atoms with van der Waals surface area (Å²) >= 11 is 1.10. The van der Waals surface area contributed by atoms with E-state index in [0.29, 0.717) is 21.3 Å². The first kappa shape index (κ1) is 15.7. The summed E-state index contributed by atoms with van der Waals surface area (Å²) < 4.78 is 0. The predicted molar refractivity (Wildman–Crippen MR) is 84.3 cm³/mol. The Bertz CT molecular complexity index is 765. The molecule has 0 spiro atoms. The number of rotatable bonds is 4.